The SMILES string of the molecule is CCNC(CCN1CCSCC1C)c1cccc(Cl)c1. The normalized spacial score (nSPS) is 21.9. The molecule has 1 saturated heterocycles. The molecule has 112 valence electrons. The van der Waals surface area contributed by atoms with Crippen molar-refractivity contribution in [3.63, 3.8) is 0 Å². The van der Waals surface area contributed by atoms with Crippen molar-refractivity contribution in [2.75, 3.05) is 31.1 Å². The minimum absolute atomic E-state index is 0.403. The molecule has 4 heteroatoms. The fourth-order valence-electron chi connectivity index (χ4n) is 2.74. The lowest BCUT2D eigenvalue weighted by atomic mass is 10.0. The molecular weight excluding hydrogens is 288 g/mol. The molecule has 1 aliphatic heterocycles. The molecule has 2 atom stereocenters. The summed E-state index contributed by atoms with van der Waals surface area (Å²) in [7, 11) is 0. The highest BCUT2D eigenvalue weighted by atomic mass is 35.5. The zero-order chi connectivity index (χ0) is 14.4. The maximum Gasteiger partial charge on any atom is 0.0409 e. The van der Waals surface area contributed by atoms with Crippen LogP contribution in [0.3, 0.4) is 0 Å². The molecule has 0 bridgehead atoms. The van der Waals surface area contributed by atoms with E-state index >= 15 is 0 Å². The van der Waals surface area contributed by atoms with Gasteiger partial charge in [-0.1, -0.05) is 30.7 Å². The minimum Gasteiger partial charge on any atom is -0.310 e. The summed E-state index contributed by atoms with van der Waals surface area (Å²) < 4.78 is 0. The minimum atomic E-state index is 0.403. The third kappa shape index (κ3) is 4.66. The van der Waals surface area contributed by atoms with Gasteiger partial charge < -0.3 is 5.32 Å². The molecule has 0 aliphatic carbocycles. The summed E-state index contributed by atoms with van der Waals surface area (Å²) in [6, 6.07) is 9.36. The zero-order valence-corrected chi connectivity index (χ0v) is 14.0. The fourth-order valence-corrected chi connectivity index (χ4v) is 4.03. The Labute approximate surface area is 132 Å². The summed E-state index contributed by atoms with van der Waals surface area (Å²) in [6.07, 6.45) is 1.14. The van der Waals surface area contributed by atoms with Crippen LogP contribution in [-0.4, -0.2) is 42.1 Å². The lowest BCUT2D eigenvalue weighted by molar-refractivity contribution is 0.219. The van der Waals surface area contributed by atoms with Crippen molar-refractivity contribution in [3.05, 3.63) is 34.9 Å². The van der Waals surface area contributed by atoms with E-state index in [4.69, 9.17) is 11.6 Å². The van der Waals surface area contributed by atoms with Gasteiger partial charge in [0.15, 0.2) is 0 Å². The average molecular weight is 313 g/mol. The number of thioether (sulfide) groups is 1. The first-order valence-electron chi connectivity index (χ1n) is 7.51. The highest BCUT2D eigenvalue weighted by molar-refractivity contribution is 7.99. The lowest BCUT2D eigenvalue weighted by Gasteiger charge is -2.34. The predicted molar refractivity (Wildman–Crippen MR) is 90.8 cm³/mol. The van der Waals surface area contributed by atoms with Gasteiger partial charge in [0.25, 0.3) is 0 Å². The smallest absolute Gasteiger partial charge is 0.0409 e. The van der Waals surface area contributed by atoms with Crippen LogP contribution in [0.15, 0.2) is 24.3 Å². The number of rotatable bonds is 6. The van der Waals surface area contributed by atoms with E-state index in [1.54, 1.807) is 0 Å². The van der Waals surface area contributed by atoms with Crippen molar-refractivity contribution in [1.29, 1.82) is 0 Å². The average Bonchev–Trinajstić information content (AvgIpc) is 2.45. The highest BCUT2D eigenvalue weighted by Gasteiger charge is 2.20. The van der Waals surface area contributed by atoms with E-state index in [9.17, 15) is 0 Å². The van der Waals surface area contributed by atoms with Crippen LogP contribution in [0.2, 0.25) is 5.02 Å². The van der Waals surface area contributed by atoms with Gasteiger partial charge in [0, 0.05) is 41.7 Å². The topological polar surface area (TPSA) is 15.3 Å². The van der Waals surface area contributed by atoms with Gasteiger partial charge >= 0.3 is 0 Å². The summed E-state index contributed by atoms with van der Waals surface area (Å²) in [4.78, 5) is 2.62. The standard InChI is InChI=1S/C16H25ClN2S/c1-3-18-16(14-5-4-6-15(17)11-14)7-8-19-9-10-20-12-13(19)2/h4-6,11,13,16,18H,3,7-10,12H2,1-2H3. The van der Waals surface area contributed by atoms with Crippen LogP contribution in [0.1, 0.15) is 31.9 Å². The highest BCUT2D eigenvalue weighted by Crippen LogP contribution is 2.23. The van der Waals surface area contributed by atoms with Crippen molar-refractivity contribution in [2.45, 2.75) is 32.4 Å². The van der Waals surface area contributed by atoms with Crippen LogP contribution in [0.4, 0.5) is 0 Å². The van der Waals surface area contributed by atoms with Crippen LogP contribution in [0.25, 0.3) is 0 Å². The molecular formula is C16H25ClN2S. The zero-order valence-electron chi connectivity index (χ0n) is 12.4. The van der Waals surface area contributed by atoms with E-state index in [1.807, 2.05) is 12.1 Å². The van der Waals surface area contributed by atoms with Gasteiger partial charge in [0.2, 0.25) is 0 Å². The first-order valence-corrected chi connectivity index (χ1v) is 9.04. The van der Waals surface area contributed by atoms with Crippen LogP contribution in [0, 0.1) is 0 Å². The Morgan fingerprint density at radius 1 is 1.50 bits per heavy atom. The maximum atomic E-state index is 6.12. The summed E-state index contributed by atoms with van der Waals surface area (Å²) in [5, 5.41) is 4.42. The number of benzene rings is 1. The van der Waals surface area contributed by atoms with Gasteiger partial charge in [-0.3, -0.25) is 4.90 Å². The summed E-state index contributed by atoms with van der Waals surface area (Å²) >= 11 is 8.20. The molecule has 2 nitrogen and oxygen atoms in total. The third-order valence-corrected chi connectivity index (χ3v) is 5.34. The number of hydrogen-bond donors (Lipinski definition) is 1. The Morgan fingerprint density at radius 3 is 3.05 bits per heavy atom. The van der Waals surface area contributed by atoms with Crippen molar-refractivity contribution in [2.24, 2.45) is 0 Å². The van der Waals surface area contributed by atoms with Crippen molar-refractivity contribution in [3.8, 4) is 0 Å². The molecule has 1 heterocycles. The number of hydrogen-bond acceptors (Lipinski definition) is 3. The van der Waals surface area contributed by atoms with Crippen molar-refractivity contribution >= 4 is 23.4 Å². The van der Waals surface area contributed by atoms with Crippen molar-refractivity contribution in [1.82, 2.24) is 10.2 Å². The predicted octanol–water partition coefficient (Wildman–Crippen LogP) is 3.82. The molecule has 0 amide bonds. The Balaban J connectivity index is 1.95. The molecule has 1 aliphatic rings. The van der Waals surface area contributed by atoms with Gasteiger partial charge in [-0.15, -0.1) is 0 Å². The van der Waals surface area contributed by atoms with E-state index in [-0.39, 0.29) is 0 Å². The molecule has 0 saturated carbocycles. The number of nitrogens with zero attached hydrogens (tertiary/aromatic N) is 1. The number of halogens is 1. The first-order chi connectivity index (χ1) is 9.70. The molecule has 0 aromatic heterocycles. The molecule has 0 spiro atoms. The molecule has 2 unspecified atom stereocenters. The van der Waals surface area contributed by atoms with Crippen LogP contribution < -0.4 is 5.32 Å². The Morgan fingerprint density at radius 2 is 2.35 bits per heavy atom. The maximum absolute atomic E-state index is 6.12. The van der Waals surface area contributed by atoms with Crippen molar-refractivity contribution < 1.29 is 0 Å². The summed E-state index contributed by atoms with van der Waals surface area (Å²) in [5.41, 5.74) is 1.30. The molecule has 1 N–H and O–H groups in total. The fraction of sp³-hybridized carbons (Fsp3) is 0.625. The first kappa shape index (κ1) is 16.2. The monoisotopic (exact) mass is 312 g/mol. The van der Waals surface area contributed by atoms with Crippen LogP contribution in [0.5, 0.6) is 0 Å². The third-order valence-electron chi connectivity index (χ3n) is 3.91. The van der Waals surface area contributed by atoms with E-state index in [2.05, 4.69) is 48.0 Å². The largest absolute Gasteiger partial charge is 0.310 e. The summed E-state index contributed by atoms with van der Waals surface area (Å²) in [5.74, 6) is 2.54. The molecule has 1 fully saturated rings. The number of nitrogens with one attached hydrogen (secondary N) is 1. The van der Waals surface area contributed by atoms with E-state index in [1.165, 1.54) is 23.6 Å². The second-order valence-electron chi connectivity index (χ2n) is 5.41. The molecule has 1 aromatic rings. The molecule has 0 radical (unpaired) electrons. The quantitative estimate of drug-likeness (QED) is 0.859. The van der Waals surface area contributed by atoms with Gasteiger partial charge in [-0.2, -0.15) is 11.8 Å². The van der Waals surface area contributed by atoms with E-state index < -0.39 is 0 Å². The summed E-state index contributed by atoms with van der Waals surface area (Å²) in [6.45, 7) is 7.88. The molecule has 1 aromatic carbocycles. The van der Waals surface area contributed by atoms with E-state index in [0.717, 1.165) is 24.5 Å². The lowest BCUT2D eigenvalue weighted by Crippen LogP contribution is -2.41. The van der Waals surface area contributed by atoms with Gasteiger partial charge in [-0.25, -0.2) is 0 Å². The van der Waals surface area contributed by atoms with Crippen LogP contribution in [-0.2, 0) is 0 Å². The molecule has 20 heavy (non-hydrogen) atoms. The van der Waals surface area contributed by atoms with E-state index in [0.29, 0.717) is 12.1 Å². The van der Waals surface area contributed by atoms with Gasteiger partial charge in [0.1, 0.15) is 0 Å². The Bertz CT molecular complexity index is 413. The van der Waals surface area contributed by atoms with Crippen LogP contribution >= 0.6 is 23.4 Å². The van der Waals surface area contributed by atoms with Gasteiger partial charge in [-0.05, 0) is 37.6 Å². The Hall–Kier alpha value is -0.220. The van der Waals surface area contributed by atoms with Gasteiger partial charge in [0.05, 0.1) is 0 Å². The second-order valence-corrected chi connectivity index (χ2v) is 7.00. The second kappa shape index (κ2) is 8.28. The molecule has 2 rings (SSSR count). The Kier molecular flexibility index (Phi) is 6.69.